The van der Waals surface area contributed by atoms with Crippen molar-refractivity contribution in [2.45, 2.75) is 31.7 Å². The van der Waals surface area contributed by atoms with Crippen LogP contribution in [0.4, 0.5) is 11.4 Å². The Hall–Kier alpha value is -1.63. The molecule has 1 unspecified atom stereocenters. The highest BCUT2D eigenvalue weighted by molar-refractivity contribution is 9.10. The molecular formula is C13H15BrN2O4. The minimum Gasteiger partial charge on any atom is -0.480 e. The number of carbonyl (C=O) groups is 1. The lowest BCUT2D eigenvalue weighted by Gasteiger charge is -2.29. The number of aliphatic carboxylic acids is 1. The predicted molar refractivity (Wildman–Crippen MR) is 78.0 cm³/mol. The summed E-state index contributed by atoms with van der Waals surface area (Å²) >= 11 is 3.31. The molecule has 1 aliphatic rings. The van der Waals surface area contributed by atoms with E-state index in [4.69, 9.17) is 0 Å². The minimum absolute atomic E-state index is 0.0117. The first-order valence-electron chi connectivity index (χ1n) is 6.44. The number of non-ortho nitro benzene ring substituents is 1. The summed E-state index contributed by atoms with van der Waals surface area (Å²) in [5.41, 5.74) is 0.687. The number of carboxylic acid groups (broad SMARTS) is 1. The van der Waals surface area contributed by atoms with Crippen LogP contribution in [0.15, 0.2) is 22.7 Å². The molecule has 1 aromatic rings. The molecule has 0 bridgehead atoms. The van der Waals surface area contributed by atoms with Gasteiger partial charge in [-0.05, 0) is 34.8 Å². The number of halogens is 1. The molecule has 1 N–H and O–H groups in total. The van der Waals surface area contributed by atoms with Crippen LogP contribution in [0.5, 0.6) is 0 Å². The summed E-state index contributed by atoms with van der Waals surface area (Å²) in [6.07, 6.45) is 3.41. The second-order valence-electron chi connectivity index (χ2n) is 4.79. The van der Waals surface area contributed by atoms with Gasteiger partial charge in [0.25, 0.3) is 5.69 Å². The third-order valence-electron chi connectivity index (χ3n) is 3.49. The van der Waals surface area contributed by atoms with Crippen LogP contribution in [-0.2, 0) is 4.79 Å². The predicted octanol–water partition coefficient (Wildman–Crippen LogP) is 3.19. The van der Waals surface area contributed by atoms with E-state index < -0.39 is 16.9 Å². The molecule has 108 valence electrons. The molecule has 0 saturated carbocycles. The first kappa shape index (κ1) is 14.8. The largest absolute Gasteiger partial charge is 0.480 e. The first-order valence-corrected chi connectivity index (χ1v) is 7.23. The summed E-state index contributed by atoms with van der Waals surface area (Å²) in [5.74, 6) is -0.850. The van der Waals surface area contributed by atoms with E-state index in [0.717, 1.165) is 19.3 Å². The van der Waals surface area contributed by atoms with Crippen LogP contribution < -0.4 is 4.90 Å². The average Bonchev–Trinajstić information content (AvgIpc) is 2.64. The Morgan fingerprint density at radius 2 is 2.15 bits per heavy atom. The maximum Gasteiger partial charge on any atom is 0.326 e. The van der Waals surface area contributed by atoms with E-state index in [2.05, 4.69) is 15.9 Å². The Kier molecular flexibility index (Phi) is 4.59. The van der Waals surface area contributed by atoms with E-state index in [1.807, 2.05) is 4.90 Å². The van der Waals surface area contributed by atoms with Gasteiger partial charge in [-0.3, -0.25) is 10.1 Å². The molecule has 0 amide bonds. The Morgan fingerprint density at radius 1 is 1.40 bits per heavy atom. The molecule has 1 heterocycles. The van der Waals surface area contributed by atoms with Gasteiger partial charge in [0.2, 0.25) is 0 Å². The van der Waals surface area contributed by atoms with Crippen LogP contribution in [-0.4, -0.2) is 28.6 Å². The molecule has 7 heteroatoms. The number of rotatable bonds is 3. The number of benzene rings is 1. The van der Waals surface area contributed by atoms with E-state index in [1.165, 1.54) is 12.1 Å². The zero-order valence-electron chi connectivity index (χ0n) is 10.8. The average molecular weight is 343 g/mol. The van der Waals surface area contributed by atoms with Gasteiger partial charge >= 0.3 is 5.97 Å². The highest BCUT2D eigenvalue weighted by atomic mass is 79.9. The summed E-state index contributed by atoms with van der Waals surface area (Å²) < 4.78 is 0.555. The lowest BCUT2D eigenvalue weighted by molar-refractivity contribution is -0.384. The van der Waals surface area contributed by atoms with Gasteiger partial charge < -0.3 is 10.0 Å². The van der Waals surface area contributed by atoms with Crippen molar-refractivity contribution in [2.24, 2.45) is 0 Å². The lowest BCUT2D eigenvalue weighted by Crippen LogP contribution is -2.41. The van der Waals surface area contributed by atoms with Crippen molar-refractivity contribution in [2.75, 3.05) is 11.4 Å². The molecule has 1 aromatic carbocycles. The smallest absolute Gasteiger partial charge is 0.326 e. The van der Waals surface area contributed by atoms with E-state index in [1.54, 1.807) is 6.07 Å². The number of anilines is 1. The summed E-state index contributed by atoms with van der Waals surface area (Å²) in [4.78, 5) is 23.5. The van der Waals surface area contributed by atoms with Crippen LogP contribution >= 0.6 is 15.9 Å². The molecule has 20 heavy (non-hydrogen) atoms. The van der Waals surface area contributed by atoms with Gasteiger partial charge in [-0.15, -0.1) is 0 Å². The molecule has 1 saturated heterocycles. The fourth-order valence-electron chi connectivity index (χ4n) is 2.50. The zero-order chi connectivity index (χ0) is 14.7. The molecule has 1 fully saturated rings. The Bertz CT molecular complexity index is 535. The second kappa shape index (κ2) is 6.21. The maximum absolute atomic E-state index is 11.4. The molecule has 0 aliphatic carbocycles. The number of nitro groups is 1. The van der Waals surface area contributed by atoms with Gasteiger partial charge in [-0.1, -0.05) is 12.8 Å². The van der Waals surface area contributed by atoms with Gasteiger partial charge in [0.05, 0.1) is 10.6 Å². The van der Waals surface area contributed by atoms with E-state index >= 15 is 0 Å². The third-order valence-corrected chi connectivity index (χ3v) is 4.12. The molecular weight excluding hydrogens is 328 g/mol. The van der Waals surface area contributed by atoms with Gasteiger partial charge in [-0.25, -0.2) is 4.79 Å². The van der Waals surface area contributed by atoms with E-state index in [-0.39, 0.29) is 5.69 Å². The fourth-order valence-corrected chi connectivity index (χ4v) is 3.09. The number of hydrogen-bond acceptors (Lipinski definition) is 4. The molecule has 0 aromatic heterocycles. The zero-order valence-corrected chi connectivity index (χ0v) is 12.4. The molecule has 1 atom stereocenters. The second-order valence-corrected chi connectivity index (χ2v) is 5.64. The summed E-state index contributed by atoms with van der Waals surface area (Å²) in [6.45, 7) is 0.646. The van der Waals surface area contributed by atoms with Crippen molar-refractivity contribution in [1.29, 1.82) is 0 Å². The Morgan fingerprint density at radius 3 is 2.75 bits per heavy atom. The normalized spacial score (nSPS) is 19.4. The van der Waals surface area contributed by atoms with Crippen molar-refractivity contribution in [3.63, 3.8) is 0 Å². The highest BCUT2D eigenvalue weighted by Crippen LogP contribution is 2.33. The van der Waals surface area contributed by atoms with Gasteiger partial charge in [0.1, 0.15) is 6.04 Å². The van der Waals surface area contributed by atoms with Gasteiger partial charge in [-0.2, -0.15) is 0 Å². The van der Waals surface area contributed by atoms with Crippen LogP contribution in [0.3, 0.4) is 0 Å². The molecule has 6 nitrogen and oxygen atoms in total. The number of nitrogens with zero attached hydrogens (tertiary/aromatic N) is 2. The van der Waals surface area contributed by atoms with Crippen molar-refractivity contribution in [3.8, 4) is 0 Å². The quantitative estimate of drug-likeness (QED) is 0.673. The van der Waals surface area contributed by atoms with E-state index in [0.29, 0.717) is 23.1 Å². The highest BCUT2D eigenvalue weighted by Gasteiger charge is 2.28. The maximum atomic E-state index is 11.4. The van der Waals surface area contributed by atoms with Crippen molar-refractivity contribution >= 4 is 33.3 Å². The Balaban J connectivity index is 2.36. The van der Waals surface area contributed by atoms with Gasteiger partial charge in [0.15, 0.2) is 0 Å². The SMILES string of the molecule is O=C(O)C1CCCCCN1c1ccc([N+](=O)[O-])cc1Br. The number of hydrogen-bond donors (Lipinski definition) is 1. The first-order chi connectivity index (χ1) is 9.50. The van der Waals surface area contributed by atoms with E-state index in [9.17, 15) is 20.0 Å². The van der Waals surface area contributed by atoms with Crippen LogP contribution in [0, 0.1) is 10.1 Å². The summed E-state index contributed by atoms with van der Waals surface area (Å²) in [5, 5.41) is 20.1. The molecule has 0 radical (unpaired) electrons. The van der Waals surface area contributed by atoms with Crippen LogP contribution in [0.25, 0.3) is 0 Å². The minimum atomic E-state index is -0.850. The number of carboxylic acids is 1. The molecule has 2 rings (SSSR count). The van der Waals surface area contributed by atoms with Crippen LogP contribution in [0.1, 0.15) is 25.7 Å². The number of nitro benzene ring substituents is 1. The lowest BCUT2D eigenvalue weighted by atomic mass is 10.1. The van der Waals surface area contributed by atoms with Crippen molar-refractivity contribution < 1.29 is 14.8 Å². The Labute approximate surface area is 124 Å². The summed E-state index contributed by atoms with van der Waals surface area (Å²) in [7, 11) is 0. The standard InChI is InChI=1S/C13H15BrN2O4/c14-10-8-9(16(19)20)5-6-11(10)15-7-3-1-2-4-12(15)13(17)18/h5-6,8,12H,1-4,7H2,(H,17,18). The van der Waals surface area contributed by atoms with Crippen LogP contribution in [0.2, 0.25) is 0 Å². The third kappa shape index (κ3) is 3.09. The van der Waals surface area contributed by atoms with Crippen molar-refractivity contribution in [3.05, 3.63) is 32.8 Å². The fraction of sp³-hybridized carbons (Fsp3) is 0.462. The molecule has 1 aliphatic heterocycles. The molecule has 0 spiro atoms. The topological polar surface area (TPSA) is 83.7 Å². The summed E-state index contributed by atoms with van der Waals surface area (Å²) in [6, 6.07) is 3.86. The van der Waals surface area contributed by atoms with Crippen molar-refractivity contribution in [1.82, 2.24) is 0 Å². The van der Waals surface area contributed by atoms with Gasteiger partial charge in [0, 0.05) is 23.2 Å². The monoisotopic (exact) mass is 342 g/mol.